The van der Waals surface area contributed by atoms with Crippen molar-refractivity contribution in [3.63, 3.8) is 0 Å². The van der Waals surface area contributed by atoms with Gasteiger partial charge in [0.15, 0.2) is 0 Å². The van der Waals surface area contributed by atoms with E-state index >= 15 is 0 Å². The number of amides is 1. The molecule has 2 fully saturated rings. The molecular weight excluding hydrogens is 533 g/mol. The fourth-order valence-electron chi connectivity index (χ4n) is 4.37. The summed E-state index contributed by atoms with van der Waals surface area (Å²) in [6, 6.07) is 11.0. The van der Waals surface area contributed by atoms with Crippen LogP contribution in [-0.2, 0) is 30.6 Å². The molecule has 0 radical (unpaired) electrons. The molecule has 2 aliphatic heterocycles. The van der Waals surface area contributed by atoms with Gasteiger partial charge in [-0.25, -0.2) is 21.1 Å². The van der Waals surface area contributed by atoms with E-state index in [1.807, 2.05) is 0 Å². The van der Waals surface area contributed by atoms with E-state index in [-0.39, 0.29) is 35.6 Å². The first-order valence-electron chi connectivity index (χ1n) is 11.4. The zero-order valence-electron chi connectivity index (χ0n) is 19.0. The highest BCUT2D eigenvalue weighted by Gasteiger charge is 2.32. The fraction of sp³-hybridized carbons (Fsp3) is 0.435. The van der Waals surface area contributed by atoms with Gasteiger partial charge in [-0.1, -0.05) is 29.3 Å². The quantitative estimate of drug-likeness (QED) is 0.552. The van der Waals surface area contributed by atoms with E-state index in [1.54, 1.807) is 30.3 Å². The Kier molecular flexibility index (Phi) is 8.09. The van der Waals surface area contributed by atoms with Crippen LogP contribution in [0.4, 0.5) is 5.69 Å². The minimum atomic E-state index is -3.64. The van der Waals surface area contributed by atoms with Gasteiger partial charge in [0, 0.05) is 53.4 Å². The molecule has 1 amide bonds. The Morgan fingerprint density at radius 3 is 2.00 bits per heavy atom. The van der Waals surface area contributed by atoms with Gasteiger partial charge in [0.1, 0.15) is 0 Å². The number of halogens is 2. The Morgan fingerprint density at radius 1 is 0.857 bits per heavy atom. The minimum absolute atomic E-state index is 0.203. The smallest absolute Gasteiger partial charge is 0.243 e. The number of carbonyl (C=O) groups is 1. The van der Waals surface area contributed by atoms with Crippen molar-refractivity contribution in [1.29, 1.82) is 0 Å². The van der Waals surface area contributed by atoms with E-state index in [0.29, 0.717) is 47.2 Å². The number of anilines is 1. The van der Waals surface area contributed by atoms with Crippen LogP contribution in [0.25, 0.3) is 0 Å². The normalized spacial score (nSPS) is 18.6. The Hall–Kier alpha value is -1.69. The number of piperidine rings is 1. The predicted molar refractivity (Wildman–Crippen MR) is 136 cm³/mol. The largest absolute Gasteiger partial charge is 0.326 e. The molecule has 2 heterocycles. The molecule has 0 unspecified atom stereocenters. The average Bonchev–Trinajstić information content (AvgIpc) is 3.38. The van der Waals surface area contributed by atoms with E-state index < -0.39 is 20.0 Å². The van der Waals surface area contributed by atoms with Gasteiger partial charge >= 0.3 is 0 Å². The maximum absolute atomic E-state index is 12.9. The Balaban J connectivity index is 1.33. The first kappa shape index (κ1) is 26.4. The zero-order chi connectivity index (χ0) is 25.2. The molecule has 8 nitrogen and oxygen atoms in total. The topological polar surface area (TPSA) is 104 Å². The molecule has 0 spiro atoms. The summed E-state index contributed by atoms with van der Waals surface area (Å²) in [4.78, 5) is 13.0. The summed E-state index contributed by atoms with van der Waals surface area (Å²) in [5.41, 5.74) is 0.865. The summed E-state index contributed by atoms with van der Waals surface area (Å²) in [6.45, 7) is 1.49. The maximum Gasteiger partial charge on any atom is 0.243 e. The van der Waals surface area contributed by atoms with Gasteiger partial charge in [0.25, 0.3) is 0 Å². The van der Waals surface area contributed by atoms with Crippen LogP contribution < -0.4 is 5.32 Å². The van der Waals surface area contributed by atoms with Gasteiger partial charge in [-0.2, -0.15) is 4.31 Å². The predicted octanol–water partition coefficient (Wildman–Crippen LogP) is 3.96. The van der Waals surface area contributed by atoms with Crippen LogP contribution in [0, 0.1) is 5.92 Å². The molecule has 1 N–H and O–H groups in total. The lowest BCUT2D eigenvalue weighted by atomic mass is 9.97. The molecule has 4 rings (SSSR count). The molecule has 0 bridgehead atoms. The number of hydrogen-bond acceptors (Lipinski definition) is 5. The highest BCUT2D eigenvalue weighted by Crippen LogP contribution is 2.29. The fourth-order valence-corrected chi connectivity index (χ4v) is 8.20. The molecule has 2 saturated heterocycles. The van der Waals surface area contributed by atoms with E-state index in [1.165, 1.54) is 20.7 Å². The maximum atomic E-state index is 12.9. The standard InChI is InChI=1S/C23H27Cl2N3O5S2/c24-21-4-3-5-22(25)20(21)16-34(30,31)27-14-10-17(11-15-27)23(29)26-18-6-8-19(9-7-18)35(32,33)28-12-1-2-13-28/h3-9,17H,1-2,10-16H2,(H,26,29). The Morgan fingerprint density at radius 2 is 1.43 bits per heavy atom. The molecule has 2 aromatic rings. The lowest BCUT2D eigenvalue weighted by molar-refractivity contribution is -0.120. The molecule has 0 atom stereocenters. The lowest BCUT2D eigenvalue weighted by Gasteiger charge is -2.30. The Bertz CT molecular complexity index is 1270. The number of carbonyl (C=O) groups excluding carboxylic acids is 1. The molecule has 0 aromatic heterocycles. The van der Waals surface area contributed by atoms with Crippen molar-refractivity contribution >= 4 is 54.8 Å². The van der Waals surface area contributed by atoms with Crippen LogP contribution in [0.3, 0.4) is 0 Å². The molecule has 2 aromatic carbocycles. The van der Waals surface area contributed by atoms with Gasteiger partial charge in [-0.3, -0.25) is 4.79 Å². The average molecular weight is 561 g/mol. The third-order valence-electron chi connectivity index (χ3n) is 6.43. The molecular formula is C23H27Cl2N3O5S2. The summed E-state index contributed by atoms with van der Waals surface area (Å²) >= 11 is 12.3. The van der Waals surface area contributed by atoms with Crippen molar-refractivity contribution in [3.8, 4) is 0 Å². The van der Waals surface area contributed by atoms with Crippen LogP contribution in [0.15, 0.2) is 47.4 Å². The molecule has 35 heavy (non-hydrogen) atoms. The van der Waals surface area contributed by atoms with Crippen LogP contribution in [-0.4, -0.2) is 57.5 Å². The summed E-state index contributed by atoms with van der Waals surface area (Å²) in [5, 5.41) is 3.42. The van der Waals surface area contributed by atoms with E-state index in [0.717, 1.165) is 12.8 Å². The molecule has 0 saturated carbocycles. The second-order valence-electron chi connectivity index (χ2n) is 8.75. The van der Waals surface area contributed by atoms with E-state index in [2.05, 4.69) is 5.32 Å². The van der Waals surface area contributed by atoms with Gasteiger partial charge in [-0.15, -0.1) is 0 Å². The number of nitrogens with one attached hydrogen (secondary N) is 1. The van der Waals surface area contributed by atoms with Crippen LogP contribution in [0.1, 0.15) is 31.2 Å². The van der Waals surface area contributed by atoms with Crippen molar-refractivity contribution in [1.82, 2.24) is 8.61 Å². The second-order valence-corrected chi connectivity index (χ2v) is 13.5. The monoisotopic (exact) mass is 559 g/mol. The van der Waals surface area contributed by atoms with Gasteiger partial charge in [0.05, 0.1) is 10.6 Å². The first-order valence-corrected chi connectivity index (χ1v) is 15.2. The van der Waals surface area contributed by atoms with Gasteiger partial charge in [-0.05, 0) is 62.1 Å². The summed E-state index contributed by atoms with van der Waals surface area (Å²) in [5.74, 6) is -0.862. The van der Waals surface area contributed by atoms with Crippen LogP contribution in [0.5, 0.6) is 0 Å². The zero-order valence-corrected chi connectivity index (χ0v) is 22.1. The molecule has 190 valence electrons. The molecule has 2 aliphatic rings. The first-order chi connectivity index (χ1) is 16.6. The highest BCUT2D eigenvalue weighted by molar-refractivity contribution is 7.89. The number of nitrogens with zero attached hydrogens (tertiary/aromatic N) is 2. The highest BCUT2D eigenvalue weighted by atomic mass is 35.5. The van der Waals surface area contributed by atoms with Crippen molar-refractivity contribution < 1.29 is 21.6 Å². The molecule has 0 aliphatic carbocycles. The number of benzene rings is 2. The lowest BCUT2D eigenvalue weighted by Crippen LogP contribution is -2.42. The third-order valence-corrected chi connectivity index (χ3v) is 10.9. The summed E-state index contributed by atoms with van der Waals surface area (Å²) in [7, 11) is -7.15. The van der Waals surface area contributed by atoms with Crippen LogP contribution >= 0.6 is 23.2 Å². The third kappa shape index (κ3) is 6.00. The number of sulfonamides is 2. The summed E-state index contributed by atoms with van der Waals surface area (Å²) < 4.78 is 53.9. The van der Waals surface area contributed by atoms with Gasteiger partial charge in [0.2, 0.25) is 26.0 Å². The van der Waals surface area contributed by atoms with Crippen molar-refractivity contribution in [2.45, 2.75) is 36.3 Å². The van der Waals surface area contributed by atoms with E-state index in [9.17, 15) is 21.6 Å². The summed E-state index contributed by atoms with van der Waals surface area (Å²) in [6.07, 6.45) is 2.48. The minimum Gasteiger partial charge on any atom is -0.326 e. The molecule has 12 heteroatoms. The van der Waals surface area contributed by atoms with Crippen LogP contribution in [0.2, 0.25) is 10.0 Å². The number of rotatable bonds is 7. The van der Waals surface area contributed by atoms with E-state index in [4.69, 9.17) is 23.2 Å². The second kappa shape index (κ2) is 10.7. The SMILES string of the molecule is O=C(Nc1ccc(S(=O)(=O)N2CCCC2)cc1)C1CCN(S(=O)(=O)Cc2c(Cl)cccc2Cl)CC1. The van der Waals surface area contributed by atoms with Crippen molar-refractivity contribution in [2.75, 3.05) is 31.5 Å². The van der Waals surface area contributed by atoms with Crippen molar-refractivity contribution in [3.05, 3.63) is 58.1 Å². The number of hydrogen-bond donors (Lipinski definition) is 1. The van der Waals surface area contributed by atoms with Gasteiger partial charge < -0.3 is 5.32 Å². The Labute approximate surface area is 216 Å². The van der Waals surface area contributed by atoms with Crippen molar-refractivity contribution in [2.24, 2.45) is 5.92 Å².